The molecule has 0 bridgehead atoms. The number of aliphatic hydroxyl groups is 1. The first-order chi connectivity index (χ1) is 8.65. The van der Waals surface area contributed by atoms with E-state index in [2.05, 4.69) is 29.1 Å². The predicted octanol–water partition coefficient (Wildman–Crippen LogP) is 2.09. The number of hydrogen-bond acceptors (Lipinski definition) is 6. The van der Waals surface area contributed by atoms with E-state index in [1.807, 2.05) is 11.4 Å². The van der Waals surface area contributed by atoms with Gasteiger partial charge in [0, 0.05) is 0 Å². The van der Waals surface area contributed by atoms with E-state index in [-0.39, 0.29) is 18.6 Å². The molecule has 2 aromatic rings. The molecule has 0 aliphatic rings. The number of aliphatic hydroxyl groups excluding tert-OH is 1. The number of nitrogen functional groups attached to an aromatic ring is 1. The van der Waals surface area contributed by atoms with E-state index >= 15 is 0 Å². The Morgan fingerprint density at radius 2 is 2.28 bits per heavy atom. The van der Waals surface area contributed by atoms with Crippen LogP contribution in [0, 0.1) is 5.92 Å². The first-order valence-corrected chi connectivity index (χ1v) is 6.91. The molecule has 5 nitrogen and oxygen atoms in total. The molecule has 0 radical (unpaired) electrons. The Balaban J connectivity index is 2.32. The zero-order chi connectivity index (χ0) is 13.1. The summed E-state index contributed by atoms with van der Waals surface area (Å²) in [7, 11) is 0. The van der Waals surface area contributed by atoms with Crippen molar-refractivity contribution in [2.45, 2.75) is 26.3 Å². The number of hydrogen-bond donors (Lipinski definition) is 3. The van der Waals surface area contributed by atoms with Gasteiger partial charge in [-0.25, -0.2) is 4.98 Å². The van der Waals surface area contributed by atoms with E-state index in [1.165, 1.54) is 11.3 Å². The Bertz CT molecular complexity index is 528. The van der Waals surface area contributed by atoms with Crippen molar-refractivity contribution in [3.63, 3.8) is 0 Å². The number of nitrogens with one attached hydrogen (secondary N) is 1. The van der Waals surface area contributed by atoms with Crippen molar-refractivity contribution < 1.29 is 5.11 Å². The second-order valence-corrected chi connectivity index (χ2v) is 5.28. The van der Waals surface area contributed by atoms with Crippen LogP contribution in [0.5, 0.6) is 0 Å². The van der Waals surface area contributed by atoms with Crippen molar-refractivity contribution in [1.29, 1.82) is 0 Å². The fourth-order valence-corrected chi connectivity index (χ4v) is 2.58. The quantitative estimate of drug-likeness (QED) is 0.771. The minimum atomic E-state index is -0.0209. The van der Waals surface area contributed by atoms with E-state index in [1.54, 1.807) is 0 Å². The van der Waals surface area contributed by atoms with Gasteiger partial charge in [0.25, 0.3) is 0 Å². The van der Waals surface area contributed by atoms with Gasteiger partial charge in [-0.3, -0.25) is 0 Å². The molecule has 0 spiro atoms. The van der Waals surface area contributed by atoms with Gasteiger partial charge in [0.15, 0.2) is 0 Å². The normalized spacial score (nSPS) is 14.6. The maximum atomic E-state index is 9.45. The van der Waals surface area contributed by atoms with Gasteiger partial charge in [-0.1, -0.05) is 20.3 Å². The summed E-state index contributed by atoms with van der Waals surface area (Å²) in [6.07, 6.45) is 0.992. The number of aromatic nitrogens is 2. The van der Waals surface area contributed by atoms with Crippen LogP contribution in [0.3, 0.4) is 0 Å². The fourth-order valence-electron chi connectivity index (χ4n) is 1.81. The SMILES string of the molecule is CC[C@H](C)[C@@H](CO)Nc1nc(N)nc2sccc12. The molecule has 2 heterocycles. The lowest BCUT2D eigenvalue weighted by Gasteiger charge is -2.23. The summed E-state index contributed by atoms with van der Waals surface area (Å²) < 4.78 is 0. The molecule has 6 heteroatoms. The van der Waals surface area contributed by atoms with Crippen molar-refractivity contribution >= 4 is 33.3 Å². The van der Waals surface area contributed by atoms with Crippen LogP contribution in [-0.4, -0.2) is 27.7 Å². The summed E-state index contributed by atoms with van der Waals surface area (Å²) >= 11 is 1.53. The van der Waals surface area contributed by atoms with Gasteiger partial charge in [-0.05, 0) is 17.4 Å². The van der Waals surface area contributed by atoms with Crippen LogP contribution >= 0.6 is 11.3 Å². The minimum Gasteiger partial charge on any atom is -0.394 e. The summed E-state index contributed by atoms with van der Waals surface area (Å²) in [6, 6.07) is 1.94. The largest absolute Gasteiger partial charge is 0.394 e. The molecule has 18 heavy (non-hydrogen) atoms. The second-order valence-electron chi connectivity index (χ2n) is 4.39. The van der Waals surface area contributed by atoms with Crippen molar-refractivity contribution in [2.24, 2.45) is 5.92 Å². The molecular weight excluding hydrogens is 248 g/mol. The molecule has 2 atom stereocenters. The number of anilines is 2. The van der Waals surface area contributed by atoms with Gasteiger partial charge in [0.1, 0.15) is 10.6 Å². The molecule has 4 N–H and O–H groups in total. The lowest BCUT2D eigenvalue weighted by molar-refractivity contribution is 0.241. The van der Waals surface area contributed by atoms with Crippen LogP contribution in [-0.2, 0) is 0 Å². The highest BCUT2D eigenvalue weighted by molar-refractivity contribution is 7.16. The molecule has 0 saturated carbocycles. The average molecular weight is 266 g/mol. The van der Waals surface area contributed by atoms with Gasteiger partial charge in [0.05, 0.1) is 18.0 Å². The molecule has 0 unspecified atom stereocenters. The average Bonchev–Trinajstić information content (AvgIpc) is 2.82. The fraction of sp³-hybridized carbons (Fsp3) is 0.500. The van der Waals surface area contributed by atoms with Crippen molar-refractivity contribution in [2.75, 3.05) is 17.7 Å². The van der Waals surface area contributed by atoms with E-state index in [0.29, 0.717) is 11.7 Å². The second kappa shape index (κ2) is 5.49. The number of rotatable bonds is 5. The van der Waals surface area contributed by atoms with E-state index in [9.17, 15) is 5.11 Å². The number of nitrogens with two attached hydrogens (primary N) is 1. The molecular formula is C12H18N4OS. The minimum absolute atomic E-state index is 0.0209. The molecule has 0 fully saturated rings. The first kappa shape index (κ1) is 13.0. The van der Waals surface area contributed by atoms with E-state index in [4.69, 9.17) is 5.73 Å². The Morgan fingerprint density at radius 1 is 1.50 bits per heavy atom. The predicted molar refractivity (Wildman–Crippen MR) is 75.8 cm³/mol. The Hall–Kier alpha value is -1.40. The maximum absolute atomic E-state index is 9.45. The van der Waals surface area contributed by atoms with Crippen LogP contribution in [0.1, 0.15) is 20.3 Å². The maximum Gasteiger partial charge on any atom is 0.223 e. The highest BCUT2D eigenvalue weighted by Crippen LogP contribution is 2.27. The van der Waals surface area contributed by atoms with E-state index in [0.717, 1.165) is 16.6 Å². The molecule has 2 rings (SSSR count). The van der Waals surface area contributed by atoms with Gasteiger partial charge in [-0.15, -0.1) is 11.3 Å². The standard InChI is InChI=1S/C12H18N4OS/c1-3-7(2)9(6-17)14-10-8-4-5-18-11(8)16-12(13)15-10/h4-5,7,9,17H,3,6H2,1-2H3,(H3,13,14,15,16)/t7-,9+/m0/s1. The zero-order valence-corrected chi connectivity index (χ0v) is 11.4. The number of fused-ring (bicyclic) bond motifs is 1. The summed E-state index contributed by atoms with van der Waals surface area (Å²) in [5.41, 5.74) is 5.69. The van der Waals surface area contributed by atoms with Gasteiger partial charge in [0.2, 0.25) is 5.95 Å². The number of thiophene rings is 1. The summed E-state index contributed by atoms with van der Waals surface area (Å²) in [5.74, 6) is 1.33. The molecule has 0 aliphatic carbocycles. The Morgan fingerprint density at radius 3 is 2.94 bits per heavy atom. The molecule has 0 aromatic carbocycles. The van der Waals surface area contributed by atoms with Crippen LogP contribution in [0.15, 0.2) is 11.4 Å². The third-order valence-corrected chi connectivity index (χ3v) is 4.00. The van der Waals surface area contributed by atoms with Gasteiger partial charge < -0.3 is 16.2 Å². The summed E-state index contributed by atoms with van der Waals surface area (Å²) in [6.45, 7) is 4.28. The summed E-state index contributed by atoms with van der Waals surface area (Å²) in [4.78, 5) is 9.27. The highest BCUT2D eigenvalue weighted by atomic mass is 32.1. The van der Waals surface area contributed by atoms with E-state index < -0.39 is 0 Å². The van der Waals surface area contributed by atoms with Crippen molar-refractivity contribution in [3.8, 4) is 0 Å². The summed E-state index contributed by atoms with van der Waals surface area (Å²) in [5, 5.41) is 15.6. The molecule has 2 aromatic heterocycles. The molecule has 0 aliphatic heterocycles. The van der Waals surface area contributed by atoms with Crippen LogP contribution in [0.25, 0.3) is 10.2 Å². The first-order valence-electron chi connectivity index (χ1n) is 6.03. The number of nitrogens with zero attached hydrogens (tertiary/aromatic N) is 2. The lowest BCUT2D eigenvalue weighted by Crippen LogP contribution is -2.31. The van der Waals surface area contributed by atoms with Crippen LogP contribution in [0.2, 0.25) is 0 Å². The van der Waals surface area contributed by atoms with Gasteiger partial charge >= 0.3 is 0 Å². The topological polar surface area (TPSA) is 84.1 Å². The molecule has 0 amide bonds. The third-order valence-electron chi connectivity index (χ3n) is 3.19. The van der Waals surface area contributed by atoms with Crippen molar-refractivity contribution in [3.05, 3.63) is 11.4 Å². The Kier molecular flexibility index (Phi) is 3.98. The zero-order valence-electron chi connectivity index (χ0n) is 10.6. The lowest BCUT2D eigenvalue weighted by atomic mass is 10.00. The monoisotopic (exact) mass is 266 g/mol. The molecule has 0 saturated heterocycles. The van der Waals surface area contributed by atoms with Gasteiger partial charge in [-0.2, -0.15) is 4.98 Å². The highest BCUT2D eigenvalue weighted by Gasteiger charge is 2.17. The smallest absolute Gasteiger partial charge is 0.223 e. The third kappa shape index (κ3) is 2.54. The van der Waals surface area contributed by atoms with Crippen molar-refractivity contribution in [1.82, 2.24) is 9.97 Å². The molecule has 98 valence electrons. The van der Waals surface area contributed by atoms with Crippen LogP contribution in [0.4, 0.5) is 11.8 Å². The Labute approximate surface area is 110 Å². The van der Waals surface area contributed by atoms with Crippen LogP contribution < -0.4 is 11.1 Å².